The van der Waals surface area contributed by atoms with Crippen LogP contribution in [-0.4, -0.2) is 36.3 Å². The summed E-state index contributed by atoms with van der Waals surface area (Å²) in [5, 5.41) is 0. The molecule has 1 aromatic carbocycles. The Morgan fingerprint density at radius 3 is 2.60 bits per heavy atom. The van der Waals surface area contributed by atoms with E-state index in [1.54, 1.807) is 32.0 Å². The summed E-state index contributed by atoms with van der Waals surface area (Å²) >= 11 is 0. The summed E-state index contributed by atoms with van der Waals surface area (Å²) in [6.45, 7) is 4.44. The number of hydrogen-bond donors (Lipinski definition) is 0. The Morgan fingerprint density at radius 2 is 1.95 bits per heavy atom. The van der Waals surface area contributed by atoms with Crippen molar-refractivity contribution in [2.75, 3.05) is 26.1 Å². The monoisotopic (exact) mass is 298 g/mol. The molecule has 0 bridgehead atoms. The van der Waals surface area contributed by atoms with Crippen molar-refractivity contribution in [3.05, 3.63) is 18.2 Å². The van der Waals surface area contributed by atoms with E-state index >= 15 is 0 Å². The quantitative estimate of drug-likeness (QED) is 0.793. The molecule has 2 rings (SSSR count). The molecule has 0 N–H and O–H groups in total. The van der Waals surface area contributed by atoms with E-state index in [1.807, 2.05) is 0 Å². The molecule has 1 aliphatic heterocycles. The number of hydrogen-bond acceptors (Lipinski definition) is 5. The molecule has 0 amide bonds. The highest BCUT2D eigenvalue weighted by Crippen LogP contribution is 2.32. The summed E-state index contributed by atoms with van der Waals surface area (Å²) < 4.78 is 28.0. The number of carbonyl (C=O) groups is 1. The molecule has 0 saturated carbocycles. The third-order valence-electron chi connectivity index (χ3n) is 3.01. The van der Waals surface area contributed by atoms with Crippen molar-refractivity contribution in [2.24, 2.45) is 5.41 Å². The fraction of sp³-hybridized carbons (Fsp3) is 0.500. The third-order valence-corrected chi connectivity index (χ3v) is 4.77. The highest BCUT2D eigenvalue weighted by atomic mass is 32.2. The van der Waals surface area contributed by atoms with Crippen molar-refractivity contribution in [3.63, 3.8) is 0 Å². The molecule has 5 nitrogen and oxygen atoms in total. The van der Waals surface area contributed by atoms with Gasteiger partial charge in [-0.2, -0.15) is 0 Å². The number of methoxy groups -OCH3 is 1. The van der Waals surface area contributed by atoms with Gasteiger partial charge in [0, 0.05) is 16.7 Å². The lowest BCUT2D eigenvalue weighted by Gasteiger charge is -2.22. The molecule has 0 saturated heterocycles. The van der Waals surface area contributed by atoms with Crippen LogP contribution in [0.25, 0.3) is 0 Å². The maximum atomic E-state index is 12.4. The minimum absolute atomic E-state index is 0.194. The summed E-state index contributed by atoms with van der Waals surface area (Å²) in [5.74, 6) is 1.07. The second-order valence-electron chi connectivity index (χ2n) is 5.17. The van der Waals surface area contributed by atoms with Crippen LogP contribution in [-0.2, 0) is 20.3 Å². The molecule has 6 heteroatoms. The van der Waals surface area contributed by atoms with E-state index in [0.29, 0.717) is 29.6 Å². The van der Waals surface area contributed by atoms with Crippen molar-refractivity contribution < 1.29 is 23.2 Å². The van der Waals surface area contributed by atoms with Gasteiger partial charge >= 0.3 is 5.97 Å². The van der Waals surface area contributed by atoms with Crippen molar-refractivity contribution in [1.29, 1.82) is 0 Å². The van der Waals surface area contributed by atoms with Gasteiger partial charge in [-0.15, -0.1) is 0 Å². The van der Waals surface area contributed by atoms with Crippen molar-refractivity contribution in [2.45, 2.75) is 18.7 Å². The second-order valence-corrected chi connectivity index (χ2v) is 6.62. The smallest absolute Gasteiger partial charge is 0.312 e. The number of esters is 1. The minimum Gasteiger partial charge on any atom is -0.486 e. The fourth-order valence-corrected chi connectivity index (χ4v) is 3.31. The first-order valence-corrected chi connectivity index (χ1v) is 7.62. The maximum Gasteiger partial charge on any atom is 0.312 e. The summed E-state index contributed by atoms with van der Waals surface area (Å²) in [5.41, 5.74) is -0.799. The molecular weight excluding hydrogens is 280 g/mol. The van der Waals surface area contributed by atoms with Gasteiger partial charge in [0.25, 0.3) is 0 Å². The van der Waals surface area contributed by atoms with Gasteiger partial charge in [0.1, 0.15) is 13.2 Å². The number of fused-ring (bicyclic) bond motifs is 1. The molecule has 110 valence electrons. The summed E-state index contributed by atoms with van der Waals surface area (Å²) in [6.07, 6.45) is 0. The fourth-order valence-electron chi connectivity index (χ4n) is 1.91. The Labute approximate surface area is 120 Å². The highest BCUT2D eigenvalue weighted by Gasteiger charge is 2.31. The normalized spacial score (nSPS) is 15.6. The van der Waals surface area contributed by atoms with E-state index in [0.717, 1.165) is 0 Å². The summed E-state index contributed by atoms with van der Waals surface area (Å²) in [7, 11) is 0.0210. The van der Waals surface area contributed by atoms with Crippen LogP contribution in [0.2, 0.25) is 0 Å². The molecule has 0 radical (unpaired) electrons. The van der Waals surface area contributed by atoms with Gasteiger partial charge in [0.2, 0.25) is 0 Å². The molecule has 0 aliphatic carbocycles. The Balaban J connectivity index is 2.15. The number of benzene rings is 1. The number of carbonyl (C=O) groups excluding carboxylic acids is 1. The Kier molecular flexibility index (Phi) is 4.32. The predicted molar refractivity (Wildman–Crippen MR) is 74.5 cm³/mol. The first-order chi connectivity index (χ1) is 9.44. The summed E-state index contributed by atoms with van der Waals surface area (Å²) in [6, 6.07) is 5.18. The van der Waals surface area contributed by atoms with E-state index in [2.05, 4.69) is 0 Å². The van der Waals surface area contributed by atoms with E-state index in [4.69, 9.17) is 14.2 Å². The van der Waals surface area contributed by atoms with Crippen molar-refractivity contribution >= 4 is 16.8 Å². The highest BCUT2D eigenvalue weighted by molar-refractivity contribution is 7.85. The summed E-state index contributed by atoms with van der Waals surface area (Å²) in [4.78, 5) is 12.2. The lowest BCUT2D eigenvalue weighted by molar-refractivity contribution is -0.149. The first kappa shape index (κ1) is 14.8. The predicted octanol–water partition coefficient (Wildman–Crippen LogP) is 1.76. The van der Waals surface area contributed by atoms with Gasteiger partial charge in [0.15, 0.2) is 11.5 Å². The molecular formula is C14H18O5S. The van der Waals surface area contributed by atoms with Crippen LogP contribution in [0.4, 0.5) is 0 Å². The topological polar surface area (TPSA) is 61.8 Å². The molecule has 1 aromatic rings. The SMILES string of the molecule is COC(=O)C(C)(C)CS(=O)c1ccc2c(c1)OCCO2. The van der Waals surface area contributed by atoms with E-state index in [1.165, 1.54) is 7.11 Å². The van der Waals surface area contributed by atoms with Crippen LogP contribution in [0.3, 0.4) is 0 Å². The number of rotatable bonds is 4. The van der Waals surface area contributed by atoms with Crippen molar-refractivity contribution in [3.8, 4) is 11.5 Å². The van der Waals surface area contributed by atoms with Gasteiger partial charge in [-0.25, -0.2) is 0 Å². The molecule has 0 aromatic heterocycles. The zero-order chi connectivity index (χ0) is 14.8. The van der Waals surface area contributed by atoms with Crippen LogP contribution < -0.4 is 9.47 Å². The molecule has 0 fully saturated rings. The zero-order valence-corrected chi connectivity index (χ0v) is 12.6. The minimum atomic E-state index is -1.31. The number of ether oxygens (including phenoxy) is 3. The van der Waals surface area contributed by atoms with E-state index in [9.17, 15) is 9.00 Å². The van der Waals surface area contributed by atoms with Gasteiger partial charge in [-0.1, -0.05) is 0 Å². The second kappa shape index (κ2) is 5.83. The third kappa shape index (κ3) is 3.12. The van der Waals surface area contributed by atoms with Crippen molar-refractivity contribution in [1.82, 2.24) is 0 Å². The molecule has 1 heterocycles. The Morgan fingerprint density at radius 1 is 1.30 bits per heavy atom. The zero-order valence-electron chi connectivity index (χ0n) is 11.8. The van der Waals surface area contributed by atoms with Gasteiger partial charge in [-0.3, -0.25) is 9.00 Å². The molecule has 1 unspecified atom stereocenters. The van der Waals surface area contributed by atoms with Crippen LogP contribution in [0, 0.1) is 5.41 Å². The Bertz CT molecular complexity index is 538. The molecule has 0 spiro atoms. The van der Waals surface area contributed by atoms with Gasteiger partial charge in [-0.05, 0) is 26.0 Å². The average molecular weight is 298 g/mol. The van der Waals surface area contributed by atoms with E-state index < -0.39 is 16.2 Å². The first-order valence-electron chi connectivity index (χ1n) is 6.30. The van der Waals surface area contributed by atoms with Crippen LogP contribution in [0.1, 0.15) is 13.8 Å². The largest absolute Gasteiger partial charge is 0.486 e. The average Bonchev–Trinajstić information content (AvgIpc) is 2.45. The van der Waals surface area contributed by atoms with E-state index in [-0.39, 0.29) is 11.7 Å². The lowest BCUT2D eigenvalue weighted by Crippen LogP contribution is -2.31. The molecule has 1 atom stereocenters. The standard InChI is InChI=1S/C14H18O5S/c1-14(2,13(15)17-3)9-20(16)10-4-5-11-12(8-10)19-7-6-18-11/h4-5,8H,6-7,9H2,1-3H3. The molecule has 20 heavy (non-hydrogen) atoms. The van der Waals surface area contributed by atoms with Crippen LogP contribution >= 0.6 is 0 Å². The van der Waals surface area contributed by atoms with Gasteiger partial charge < -0.3 is 14.2 Å². The van der Waals surface area contributed by atoms with Crippen LogP contribution in [0.5, 0.6) is 11.5 Å². The maximum absolute atomic E-state index is 12.4. The Hall–Kier alpha value is -1.56. The van der Waals surface area contributed by atoms with Crippen LogP contribution in [0.15, 0.2) is 23.1 Å². The lowest BCUT2D eigenvalue weighted by atomic mass is 9.97. The van der Waals surface area contributed by atoms with Gasteiger partial charge in [0.05, 0.1) is 23.3 Å². The molecule has 1 aliphatic rings.